The van der Waals surface area contributed by atoms with Crippen LogP contribution in [0.4, 0.5) is 11.4 Å². The number of rotatable bonds is 8. The number of nitrogens with zero attached hydrogens (tertiary/aromatic N) is 1. The monoisotopic (exact) mass is 485 g/mol. The van der Waals surface area contributed by atoms with Crippen molar-refractivity contribution in [1.82, 2.24) is 4.90 Å². The fourth-order valence-electron chi connectivity index (χ4n) is 3.19. The van der Waals surface area contributed by atoms with Crippen LogP contribution in [0.3, 0.4) is 0 Å². The molecular weight excluding hydrogens is 462 g/mol. The van der Waals surface area contributed by atoms with Crippen LogP contribution in [0.2, 0.25) is 5.02 Å². The van der Waals surface area contributed by atoms with Crippen LogP contribution >= 0.6 is 11.6 Å². The van der Waals surface area contributed by atoms with Gasteiger partial charge in [0.1, 0.15) is 0 Å². The van der Waals surface area contributed by atoms with E-state index in [-0.39, 0.29) is 16.4 Å². The summed E-state index contributed by atoms with van der Waals surface area (Å²) in [7, 11) is -3.92. The minimum atomic E-state index is -3.92. The Balaban J connectivity index is 1.76. The van der Waals surface area contributed by atoms with E-state index in [0.717, 1.165) is 5.56 Å². The van der Waals surface area contributed by atoms with Gasteiger partial charge in [-0.25, -0.2) is 8.42 Å². The Labute approximate surface area is 198 Å². The van der Waals surface area contributed by atoms with Gasteiger partial charge in [0, 0.05) is 36.3 Å². The third-order valence-corrected chi connectivity index (χ3v) is 6.48. The second-order valence-electron chi connectivity index (χ2n) is 7.33. The zero-order chi connectivity index (χ0) is 24.0. The van der Waals surface area contributed by atoms with Gasteiger partial charge in [0.2, 0.25) is 5.91 Å². The van der Waals surface area contributed by atoms with Crippen molar-refractivity contribution < 1.29 is 18.0 Å². The van der Waals surface area contributed by atoms with E-state index >= 15 is 0 Å². The number of sulfonamides is 1. The molecule has 0 aromatic heterocycles. The Bertz CT molecular complexity index is 1280. The van der Waals surface area contributed by atoms with E-state index in [9.17, 15) is 18.0 Å². The molecule has 3 aromatic rings. The molecule has 2 N–H and O–H groups in total. The molecule has 0 heterocycles. The molecular formula is C24H24ClN3O4S. The van der Waals surface area contributed by atoms with Gasteiger partial charge in [-0.3, -0.25) is 14.3 Å². The van der Waals surface area contributed by atoms with Gasteiger partial charge in [0.05, 0.1) is 10.6 Å². The van der Waals surface area contributed by atoms with Crippen LogP contribution in [0.25, 0.3) is 0 Å². The minimum absolute atomic E-state index is 0.0312. The first kappa shape index (κ1) is 24.3. The van der Waals surface area contributed by atoms with Crippen molar-refractivity contribution in [2.24, 2.45) is 0 Å². The molecule has 9 heteroatoms. The maximum Gasteiger partial charge on any atom is 0.261 e. The third-order valence-electron chi connectivity index (χ3n) is 4.87. The van der Waals surface area contributed by atoms with Crippen molar-refractivity contribution in [3.05, 3.63) is 88.9 Å². The van der Waals surface area contributed by atoms with Gasteiger partial charge in [0.25, 0.3) is 15.9 Å². The summed E-state index contributed by atoms with van der Waals surface area (Å²) in [5.74, 6) is -0.484. The molecule has 0 atom stereocenters. The molecule has 3 rings (SSSR count). The van der Waals surface area contributed by atoms with Crippen LogP contribution in [0, 0.1) is 0 Å². The zero-order valence-corrected chi connectivity index (χ0v) is 19.8. The minimum Gasteiger partial charge on any atom is -0.339 e. The van der Waals surface area contributed by atoms with Gasteiger partial charge in [-0.15, -0.1) is 0 Å². The second kappa shape index (κ2) is 10.5. The maximum absolute atomic E-state index is 12.8. The number of anilines is 2. The van der Waals surface area contributed by atoms with E-state index in [2.05, 4.69) is 10.0 Å². The topological polar surface area (TPSA) is 95.6 Å². The van der Waals surface area contributed by atoms with Crippen LogP contribution in [-0.4, -0.2) is 31.7 Å². The van der Waals surface area contributed by atoms with E-state index in [1.165, 1.54) is 37.3 Å². The standard InChI is InChI=1S/C24H24ClN3O4S/c1-3-28(17(2)29)16-18-7-4-10-21(13-18)26-24(30)19-8-5-12-23(14-19)33(31,32)27-22-11-6-9-20(25)15-22/h4-15,27H,3,16H2,1-2H3,(H,26,30). The first-order valence-corrected chi connectivity index (χ1v) is 12.1. The molecule has 0 radical (unpaired) electrons. The number of amides is 2. The number of hydrogen-bond donors (Lipinski definition) is 2. The molecule has 3 aromatic carbocycles. The lowest BCUT2D eigenvalue weighted by Crippen LogP contribution is -2.27. The van der Waals surface area contributed by atoms with Gasteiger partial charge >= 0.3 is 0 Å². The van der Waals surface area contributed by atoms with Gasteiger partial charge in [-0.1, -0.05) is 35.9 Å². The predicted molar refractivity (Wildman–Crippen MR) is 130 cm³/mol. The quantitative estimate of drug-likeness (QED) is 0.480. The van der Waals surface area contributed by atoms with Gasteiger partial charge in [-0.2, -0.15) is 0 Å². The molecule has 0 spiro atoms. The highest BCUT2D eigenvalue weighted by Gasteiger charge is 2.17. The first-order chi connectivity index (χ1) is 15.7. The molecule has 0 fully saturated rings. The van der Waals surface area contributed by atoms with Crippen molar-refractivity contribution in [3.63, 3.8) is 0 Å². The van der Waals surface area contributed by atoms with Crippen molar-refractivity contribution in [3.8, 4) is 0 Å². The Morgan fingerprint density at radius 3 is 2.33 bits per heavy atom. The lowest BCUT2D eigenvalue weighted by Gasteiger charge is -2.19. The van der Waals surface area contributed by atoms with E-state index < -0.39 is 15.9 Å². The van der Waals surface area contributed by atoms with Crippen molar-refractivity contribution in [2.75, 3.05) is 16.6 Å². The summed E-state index contributed by atoms with van der Waals surface area (Å²) in [4.78, 5) is 26.1. The van der Waals surface area contributed by atoms with E-state index in [4.69, 9.17) is 11.6 Å². The van der Waals surface area contributed by atoms with Crippen molar-refractivity contribution >= 4 is 44.8 Å². The molecule has 33 heavy (non-hydrogen) atoms. The fraction of sp³-hybridized carbons (Fsp3) is 0.167. The molecule has 0 bridgehead atoms. The number of carbonyl (C=O) groups is 2. The Morgan fingerprint density at radius 2 is 1.64 bits per heavy atom. The Kier molecular flexibility index (Phi) is 7.73. The number of carbonyl (C=O) groups excluding carboxylic acids is 2. The molecule has 2 amide bonds. The molecule has 172 valence electrons. The maximum atomic E-state index is 12.8. The number of halogens is 1. The first-order valence-electron chi connectivity index (χ1n) is 10.2. The normalized spacial score (nSPS) is 11.0. The van der Waals surface area contributed by atoms with E-state index in [0.29, 0.717) is 29.5 Å². The zero-order valence-electron chi connectivity index (χ0n) is 18.2. The molecule has 0 unspecified atom stereocenters. The fourth-order valence-corrected chi connectivity index (χ4v) is 4.47. The predicted octanol–water partition coefficient (Wildman–Crippen LogP) is 4.76. The second-order valence-corrected chi connectivity index (χ2v) is 9.45. The van der Waals surface area contributed by atoms with Crippen molar-refractivity contribution in [2.45, 2.75) is 25.3 Å². The Hall–Kier alpha value is -3.36. The summed E-state index contributed by atoms with van der Waals surface area (Å²) >= 11 is 5.92. The van der Waals surface area contributed by atoms with E-state index in [1.54, 1.807) is 41.3 Å². The average molecular weight is 486 g/mol. The highest BCUT2D eigenvalue weighted by molar-refractivity contribution is 7.92. The van der Waals surface area contributed by atoms with Crippen LogP contribution in [-0.2, 0) is 21.4 Å². The summed E-state index contributed by atoms with van der Waals surface area (Å²) in [6, 6.07) is 19.3. The summed E-state index contributed by atoms with van der Waals surface area (Å²) in [6.45, 7) is 4.42. The summed E-state index contributed by atoms with van der Waals surface area (Å²) in [5.41, 5.74) is 1.92. The van der Waals surface area contributed by atoms with Crippen LogP contribution in [0.1, 0.15) is 29.8 Å². The SMILES string of the molecule is CCN(Cc1cccc(NC(=O)c2cccc(S(=O)(=O)Nc3cccc(Cl)c3)c2)c1)C(C)=O. The molecule has 0 aliphatic carbocycles. The van der Waals surface area contributed by atoms with Crippen LogP contribution < -0.4 is 10.0 Å². The van der Waals surface area contributed by atoms with Crippen LogP contribution in [0.15, 0.2) is 77.7 Å². The highest BCUT2D eigenvalue weighted by atomic mass is 35.5. The lowest BCUT2D eigenvalue weighted by atomic mass is 10.1. The van der Waals surface area contributed by atoms with Crippen LogP contribution in [0.5, 0.6) is 0 Å². The molecule has 7 nitrogen and oxygen atoms in total. The van der Waals surface area contributed by atoms with Gasteiger partial charge < -0.3 is 10.2 Å². The van der Waals surface area contributed by atoms with Gasteiger partial charge in [-0.05, 0) is 61.0 Å². The highest BCUT2D eigenvalue weighted by Crippen LogP contribution is 2.21. The largest absolute Gasteiger partial charge is 0.339 e. The number of hydrogen-bond acceptors (Lipinski definition) is 4. The molecule has 0 saturated heterocycles. The third kappa shape index (κ3) is 6.57. The molecule has 0 aliphatic heterocycles. The average Bonchev–Trinajstić information content (AvgIpc) is 2.77. The lowest BCUT2D eigenvalue weighted by molar-refractivity contribution is -0.129. The molecule has 0 aliphatic rings. The van der Waals surface area contributed by atoms with Gasteiger partial charge in [0.15, 0.2) is 0 Å². The number of benzene rings is 3. The summed E-state index contributed by atoms with van der Waals surface area (Å²) in [5, 5.41) is 3.18. The summed E-state index contributed by atoms with van der Waals surface area (Å²) < 4.78 is 28.0. The van der Waals surface area contributed by atoms with E-state index in [1.807, 2.05) is 13.0 Å². The Morgan fingerprint density at radius 1 is 0.939 bits per heavy atom. The molecule has 0 saturated carbocycles. The van der Waals surface area contributed by atoms with Crippen molar-refractivity contribution in [1.29, 1.82) is 0 Å². The number of nitrogens with one attached hydrogen (secondary N) is 2. The summed E-state index contributed by atoms with van der Waals surface area (Å²) in [6.07, 6.45) is 0. The smallest absolute Gasteiger partial charge is 0.261 e.